The van der Waals surface area contributed by atoms with Gasteiger partial charge in [-0.3, -0.25) is 9.78 Å². The second-order valence-electron chi connectivity index (χ2n) is 6.87. The summed E-state index contributed by atoms with van der Waals surface area (Å²) in [5.41, 5.74) is 1.22. The predicted molar refractivity (Wildman–Crippen MR) is 110 cm³/mol. The van der Waals surface area contributed by atoms with Crippen LogP contribution in [-0.4, -0.2) is 16.7 Å². The molecule has 2 N–H and O–H groups in total. The molecule has 1 aromatic carbocycles. The number of ether oxygens (including phenoxy) is 1. The summed E-state index contributed by atoms with van der Waals surface area (Å²) in [6, 6.07) is 9.46. The number of hydrogen-bond acceptors (Lipinski definition) is 4. The van der Waals surface area contributed by atoms with Gasteiger partial charge in [0.1, 0.15) is 12.0 Å². The highest BCUT2D eigenvalue weighted by Crippen LogP contribution is 2.16. The summed E-state index contributed by atoms with van der Waals surface area (Å²) >= 11 is 0. The van der Waals surface area contributed by atoms with Crippen LogP contribution in [0.3, 0.4) is 0 Å². The monoisotopic (exact) mass is 373 g/mol. The van der Waals surface area contributed by atoms with Gasteiger partial charge in [0, 0.05) is 18.9 Å². The molecule has 0 spiro atoms. The van der Waals surface area contributed by atoms with E-state index in [9.17, 15) is 9.59 Å². The summed E-state index contributed by atoms with van der Waals surface area (Å²) in [5.74, 6) is 0.369. The number of methoxy groups -OCH3 is 1. The standard InChI is InChI=1S/C21H31N3O3/c1-4-5-6-7-8-9-10-17-11-13-18(14-12-17)22-19-15-20(25)24(16(2)27-3)21(26)23-19/h11-16,22H,4-10H2,1-3H3,(H,23,26). The molecule has 2 rings (SSSR count). The predicted octanol–water partition coefficient (Wildman–Crippen LogP) is 4.35. The van der Waals surface area contributed by atoms with E-state index in [0.29, 0.717) is 5.82 Å². The Bertz CT molecular complexity index is 777. The van der Waals surface area contributed by atoms with Gasteiger partial charge in [0.2, 0.25) is 0 Å². The summed E-state index contributed by atoms with van der Waals surface area (Å²) in [6.07, 6.45) is 8.20. The molecule has 0 saturated carbocycles. The molecule has 0 aliphatic heterocycles. The van der Waals surface area contributed by atoms with Gasteiger partial charge in [-0.05, 0) is 37.5 Å². The van der Waals surface area contributed by atoms with E-state index >= 15 is 0 Å². The molecule has 148 valence electrons. The number of unbranched alkanes of at least 4 members (excludes halogenated alkanes) is 5. The highest BCUT2D eigenvalue weighted by Gasteiger charge is 2.10. The highest BCUT2D eigenvalue weighted by molar-refractivity contribution is 5.55. The average molecular weight is 373 g/mol. The maximum absolute atomic E-state index is 12.1. The lowest BCUT2D eigenvalue weighted by molar-refractivity contribution is 0.0538. The van der Waals surface area contributed by atoms with Crippen molar-refractivity contribution in [3.63, 3.8) is 0 Å². The number of aryl methyl sites for hydroxylation is 1. The molecule has 0 fully saturated rings. The number of benzene rings is 1. The van der Waals surface area contributed by atoms with E-state index in [-0.39, 0.29) is 0 Å². The lowest BCUT2D eigenvalue weighted by atomic mass is 10.0. The van der Waals surface area contributed by atoms with Gasteiger partial charge in [-0.2, -0.15) is 0 Å². The number of hydrogen-bond donors (Lipinski definition) is 2. The van der Waals surface area contributed by atoms with E-state index in [1.54, 1.807) is 6.92 Å². The Morgan fingerprint density at radius 2 is 1.74 bits per heavy atom. The fourth-order valence-corrected chi connectivity index (χ4v) is 3.04. The Morgan fingerprint density at radius 1 is 1.07 bits per heavy atom. The van der Waals surface area contributed by atoms with Crippen molar-refractivity contribution in [3.8, 4) is 0 Å². The van der Waals surface area contributed by atoms with Crippen LogP contribution in [0.5, 0.6) is 0 Å². The van der Waals surface area contributed by atoms with E-state index in [0.717, 1.165) is 16.7 Å². The number of nitrogens with one attached hydrogen (secondary N) is 2. The lowest BCUT2D eigenvalue weighted by Gasteiger charge is -2.13. The molecule has 6 nitrogen and oxygen atoms in total. The summed E-state index contributed by atoms with van der Waals surface area (Å²) in [4.78, 5) is 26.9. The van der Waals surface area contributed by atoms with E-state index < -0.39 is 17.5 Å². The fraction of sp³-hybridized carbons (Fsp3) is 0.524. The van der Waals surface area contributed by atoms with Crippen molar-refractivity contribution in [2.24, 2.45) is 0 Å². The van der Waals surface area contributed by atoms with Crippen molar-refractivity contribution in [2.45, 2.75) is 65.0 Å². The number of aromatic amines is 1. The summed E-state index contributed by atoms with van der Waals surface area (Å²) < 4.78 is 6.09. The molecule has 0 amide bonds. The normalized spacial score (nSPS) is 12.1. The zero-order chi connectivity index (χ0) is 19.6. The van der Waals surface area contributed by atoms with Crippen molar-refractivity contribution < 1.29 is 4.74 Å². The average Bonchev–Trinajstić information content (AvgIpc) is 2.65. The molecular formula is C21H31N3O3. The van der Waals surface area contributed by atoms with Crippen molar-refractivity contribution in [1.82, 2.24) is 9.55 Å². The highest BCUT2D eigenvalue weighted by atomic mass is 16.5. The van der Waals surface area contributed by atoms with Crippen molar-refractivity contribution in [3.05, 3.63) is 56.7 Å². The van der Waals surface area contributed by atoms with Gasteiger partial charge >= 0.3 is 5.69 Å². The number of rotatable bonds is 11. The van der Waals surface area contributed by atoms with E-state index in [1.165, 1.54) is 57.3 Å². The molecule has 0 radical (unpaired) electrons. The molecule has 0 saturated heterocycles. The van der Waals surface area contributed by atoms with Crippen LogP contribution in [-0.2, 0) is 11.2 Å². The summed E-state index contributed by atoms with van der Waals surface area (Å²) in [7, 11) is 1.45. The Labute approximate surface area is 160 Å². The van der Waals surface area contributed by atoms with Crippen LogP contribution in [0.4, 0.5) is 11.5 Å². The second-order valence-corrected chi connectivity index (χ2v) is 6.87. The number of anilines is 2. The van der Waals surface area contributed by atoms with Crippen LogP contribution in [0.25, 0.3) is 0 Å². The Morgan fingerprint density at radius 3 is 2.37 bits per heavy atom. The van der Waals surface area contributed by atoms with Gasteiger partial charge in [0.25, 0.3) is 5.56 Å². The number of aromatic nitrogens is 2. The van der Waals surface area contributed by atoms with Crippen molar-refractivity contribution in [1.29, 1.82) is 0 Å². The van der Waals surface area contributed by atoms with Gasteiger partial charge in [0.05, 0.1) is 0 Å². The molecule has 1 unspecified atom stereocenters. The third-order valence-electron chi connectivity index (χ3n) is 4.72. The first kappa shape index (κ1) is 21.0. The molecule has 1 heterocycles. The quantitative estimate of drug-likeness (QED) is 0.574. The maximum Gasteiger partial charge on any atom is 0.332 e. The SMILES string of the molecule is CCCCCCCCc1ccc(Nc2cc(=O)n(C(C)OC)c(=O)[nH]2)cc1. The van der Waals surface area contributed by atoms with E-state index in [1.807, 2.05) is 12.1 Å². The summed E-state index contributed by atoms with van der Waals surface area (Å²) in [5, 5.41) is 3.08. The third kappa shape index (κ3) is 6.40. The Balaban J connectivity index is 1.93. The maximum atomic E-state index is 12.1. The van der Waals surface area contributed by atoms with Crippen molar-refractivity contribution in [2.75, 3.05) is 12.4 Å². The molecule has 1 atom stereocenters. The smallest absolute Gasteiger partial charge is 0.332 e. The number of nitrogens with zero attached hydrogens (tertiary/aromatic N) is 1. The molecule has 1 aromatic heterocycles. The minimum Gasteiger partial charge on any atom is -0.361 e. The molecule has 0 bridgehead atoms. The Hall–Kier alpha value is -2.34. The first-order chi connectivity index (χ1) is 13.0. The third-order valence-corrected chi connectivity index (χ3v) is 4.72. The van der Waals surface area contributed by atoms with E-state index in [2.05, 4.69) is 29.4 Å². The van der Waals surface area contributed by atoms with Gasteiger partial charge in [-0.1, -0.05) is 51.2 Å². The lowest BCUT2D eigenvalue weighted by Crippen LogP contribution is -2.37. The first-order valence-electron chi connectivity index (χ1n) is 9.79. The topological polar surface area (TPSA) is 76.1 Å². The molecular weight excluding hydrogens is 342 g/mol. The molecule has 2 aromatic rings. The molecule has 0 aliphatic carbocycles. The van der Waals surface area contributed by atoms with Crippen LogP contribution < -0.4 is 16.6 Å². The number of H-pyrrole nitrogens is 1. The first-order valence-corrected chi connectivity index (χ1v) is 9.79. The van der Waals surface area contributed by atoms with Crippen LogP contribution in [0, 0.1) is 0 Å². The fourth-order valence-electron chi connectivity index (χ4n) is 3.04. The Kier molecular flexibility index (Phi) is 8.33. The van der Waals surface area contributed by atoms with Gasteiger partial charge in [-0.25, -0.2) is 9.36 Å². The minimum absolute atomic E-state index is 0.369. The van der Waals surface area contributed by atoms with Gasteiger partial charge in [-0.15, -0.1) is 0 Å². The van der Waals surface area contributed by atoms with Gasteiger partial charge in [0.15, 0.2) is 0 Å². The van der Waals surface area contributed by atoms with Crippen LogP contribution >= 0.6 is 0 Å². The van der Waals surface area contributed by atoms with E-state index in [4.69, 9.17) is 4.74 Å². The summed E-state index contributed by atoms with van der Waals surface area (Å²) in [6.45, 7) is 3.88. The minimum atomic E-state index is -0.614. The zero-order valence-electron chi connectivity index (χ0n) is 16.6. The van der Waals surface area contributed by atoms with Crippen LogP contribution in [0.1, 0.15) is 64.2 Å². The van der Waals surface area contributed by atoms with Crippen LogP contribution in [0.15, 0.2) is 39.9 Å². The molecule has 0 aliphatic rings. The van der Waals surface area contributed by atoms with Gasteiger partial charge < -0.3 is 10.1 Å². The molecule has 6 heteroatoms. The second kappa shape index (κ2) is 10.7. The largest absolute Gasteiger partial charge is 0.361 e. The van der Waals surface area contributed by atoms with Crippen LogP contribution in [0.2, 0.25) is 0 Å². The molecule has 27 heavy (non-hydrogen) atoms. The zero-order valence-corrected chi connectivity index (χ0v) is 16.6. The van der Waals surface area contributed by atoms with Crippen molar-refractivity contribution >= 4 is 11.5 Å².